The van der Waals surface area contributed by atoms with E-state index < -0.39 is 0 Å². The predicted molar refractivity (Wildman–Crippen MR) is 87.6 cm³/mol. The number of hydrogen-bond acceptors (Lipinski definition) is 5. The van der Waals surface area contributed by atoms with Gasteiger partial charge in [0.25, 0.3) is 0 Å². The van der Waals surface area contributed by atoms with Gasteiger partial charge in [0.15, 0.2) is 5.82 Å². The third kappa shape index (κ3) is 3.44. The molecule has 1 aromatic carbocycles. The van der Waals surface area contributed by atoms with Crippen LogP contribution >= 0.6 is 0 Å². The van der Waals surface area contributed by atoms with Crippen LogP contribution in [0.1, 0.15) is 36.7 Å². The van der Waals surface area contributed by atoms with Crippen LogP contribution in [0.2, 0.25) is 0 Å². The maximum Gasteiger partial charge on any atom is 0.319 e. The molecule has 0 unspecified atom stereocenters. The normalized spacial score (nSPS) is 15.0. The molecule has 1 atom stereocenters. The summed E-state index contributed by atoms with van der Waals surface area (Å²) < 4.78 is 5.05. The van der Waals surface area contributed by atoms with Crippen LogP contribution in [0.15, 0.2) is 22.7 Å². The smallest absolute Gasteiger partial charge is 0.319 e. The molecular formula is C16H21N5O2. The van der Waals surface area contributed by atoms with Gasteiger partial charge < -0.3 is 20.1 Å². The molecule has 0 aliphatic carbocycles. The number of nitrogens with one attached hydrogen (secondary N) is 2. The van der Waals surface area contributed by atoms with Crippen molar-refractivity contribution in [1.29, 1.82) is 0 Å². The molecule has 1 aromatic heterocycles. The second kappa shape index (κ2) is 6.28. The first-order chi connectivity index (χ1) is 11.0. The Hall–Kier alpha value is -2.57. The van der Waals surface area contributed by atoms with Crippen LogP contribution < -0.4 is 15.5 Å². The zero-order valence-corrected chi connectivity index (χ0v) is 13.6. The molecule has 7 heteroatoms. The first-order valence-electron chi connectivity index (χ1n) is 7.74. The zero-order chi connectivity index (χ0) is 16.4. The highest BCUT2D eigenvalue weighted by Crippen LogP contribution is 2.28. The van der Waals surface area contributed by atoms with Gasteiger partial charge in [0.1, 0.15) is 6.04 Å². The standard InChI is InChI=1S/C16H21N5O2/c1-10(15-18-11(2)20-23-15)17-16(22)19-13-6-7-14-12(9-13)5-4-8-21(14)3/h6-7,9-10H,4-5,8H2,1-3H3,(H2,17,19,22)/t10-/m0/s1. The molecule has 122 valence electrons. The lowest BCUT2D eigenvalue weighted by molar-refractivity contribution is 0.245. The molecule has 1 aliphatic heterocycles. The monoisotopic (exact) mass is 315 g/mol. The van der Waals surface area contributed by atoms with Crippen molar-refractivity contribution in [1.82, 2.24) is 15.5 Å². The Balaban J connectivity index is 1.64. The fourth-order valence-electron chi connectivity index (χ4n) is 2.78. The molecule has 0 fully saturated rings. The molecule has 2 N–H and O–H groups in total. The average molecular weight is 315 g/mol. The topological polar surface area (TPSA) is 83.3 Å². The van der Waals surface area contributed by atoms with Crippen molar-refractivity contribution in [2.45, 2.75) is 32.7 Å². The van der Waals surface area contributed by atoms with Crippen molar-refractivity contribution in [3.05, 3.63) is 35.5 Å². The van der Waals surface area contributed by atoms with Crippen LogP contribution in [0.4, 0.5) is 16.2 Å². The summed E-state index contributed by atoms with van der Waals surface area (Å²) in [5.74, 6) is 0.942. The summed E-state index contributed by atoms with van der Waals surface area (Å²) in [5.41, 5.74) is 3.28. The number of rotatable bonds is 3. The maximum atomic E-state index is 12.1. The van der Waals surface area contributed by atoms with E-state index in [9.17, 15) is 4.79 Å². The molecule has 23 heavy (non-hydrogen) atoms. The van der Waals surface area contributed by atoms with Crippen molar-refractivity contribution >= 4 is 17.4 Å². The second-order valence-electron chi connectivity index (χ2n) is 5.87. The lowest BCUT2D eigenvalue weighted by Gasteiger charge is -2.27. The molecule has 0 saturated carbocycles. The number of urea groups is 1. The van der Waals surface area contributed by atoms with Gasteiger partial charge in [0.2, 0.25) is 5.89 Å². The summed E-state index contributed by atoms with van der Waals surface area (Å²) in [6, 6.07) is 5.36. The third-order valence-electron chi connectivity index (χ3n) is 3.95. The van der Waals surface area contributed by atoms with Crippen molar-refractivity contribution in [3.8, 4) is 0 Å². The number of hydrogen-bond donors (Lipinski definition) is 2. The van der Waals surface area contributed by atoms with E-state index >= 15 is 0 Å². The molecule has 3 rings (SSSR count). The van der Waals surface area contributed by atoms with Gasteiger partial charge in [-0.3, -0.25) is 0 Å². The first-order valence-corrected chi connectivity index (χ1v) is 7.74. The number of fused-ring (bicyclic) bond motifs is 1. The number of nitrogens with zero attached hydrogens (tertiary/aromatic N) is 3. The summed E-state index contributed by atoms with van der Waals surface area (Å²) >= 11 is 0. The molecule has 2 amide bonds. The molecule has 2 aromatic rings. The SMILES string of the molecule is Cc1noc([C@H](C)NC(=O)Nc2ccc3c(c2)CCCN3C)n1. The van der Waals surface area contributed by atoms with Gasteiger partial charge in [0.05, 0.1) is 0 Å². The number of carbonyl (C=O) groups is 1. The number of carbonyl (C=O) groups excluding carboxylic acids is 1. The van der Waals surface area contributed by atoms with Gasteiger partial charge >= 0.3 is 6.03 Å². The molecule has 0 bridgehead atoms. The van der Waals surface area contributed by atoms with Crippen LogP contribution in [-0.4, -0.2) is 29.8 Å². The minimum absolute atomic E-state index is 0.294. The highest BCUT2D eigenvalue weighted by atomic mass is 16.5. The minimum Gasteiger partial charge on any atom is -0.374 e. The molecule has 1 aliphatic rings. The Bertz CT molecular complexity index is 712. The summed E-state index contributed by atoms with van der Waals surface area (Å²) in [6.45, 7) is 4.61. The van der Waals surface area contributed by atoms with E-state index in [-0.39, 0.29) is 12.1 Å². The summed E-state index contributed by atoms with van der Waals surface area (Å²) in [5, 5.41) is 9.37. The Morgan fingerprint density at radius 3 is 3.00 bits per heavy atom. The highest BCUT2D eigenvalue weighted by molar-refractivity contribution is 5.90. The molecule has 0 radical (unpaired) electrons. The van der Waals surface area contributed by atoms with E-state index in [1.54, 1.807) is 13.8 Å². The van der Waals surface area contributed by atoms with E-state index in [0.717, 1.165) is 25.1 Å². The van der Waals surface area contributed by atoms with Crippen molar-refractivity contribution in [3.63, 3.8) is 0 Å². The van der Waals surface area contributed by atoms with Crippen LogP contribution in [0.3, 0.4) is 0 Å². The summed E-state index contributed by atoms with van der Waals surface area (Å²) in [4.78, 5) is 18.5. The number of anilines is 2. The Labute approximate surface area is 135 Å². The van der Waals surface area contributed by atoms with E-state index in [2.05, 4.69) is 38.8 Å². The third-order valence-corrected chi connectivity index (χ3v) is 3.95. The number of aryl methyl sites for hydroxylation is 2. The Kier molecular flexibility index (Phi) is 4.18. The lowest BCUT2D eigenvalue weighted by atomic mass is 10.0. The largest absolute Gasteiger partial charge is 0.374 e. The molecule has 7 nitrogen and oxygen atoms in total. The van der Waals surface area contributed by atoms with Crippen LogP contribution in [-0.2, 0) is 6.42 Å². The molecule has 0 saturated heterocycles. The van der Waals surface area contributed by atoms with Crippen molar-refractivity contribution in [2.75, 3.05) is 23.8 Å². The second-order valence-corrected chi connectivity index (χ2v) is 5.87. The fourth-order valence-corrected chi connectivity index (χ4v) is 2.78. The lowest BCUT2D eigenvalue weighted by Crippen LogP contribution is -2.31. The Morgan fingerprint density at radius 2 is 2.26 bits per heavy atom. The van der Waals surface area contributed by atoms with Gasteiger partial charge in [-0.05, 0) is 50.5 Å². The van der Waals surface area contributed by atoms with E-state index in [1.165, 1.54) is 11.3 Å². The first kappa shape index (κ1) is 15.3. The van der Waals surface area contributed by atoms with Crippen LogP contribution in [0.5, 0.6) is 0 Å². The maximum absolute atomic E-state index is 12.1. The fraction of sp³-hybridized carbons (Fsp3) is 0.438. The number of aromatic nitrogens is 2. The van der Waals surface area contributed by atoms with Crippen molar-refractivity contribution < 1.29 is 9.32 Å². The van der Waals surface area contributed by atoms with Crippen molar-refractivity contribution in [2.24, 2.45) is 0 Å². The summed E-state index contributed by atoms with van der Waals surface area (Å²) in [7, 11) is 2.09. The summed E-state index contributed by atoms with van der Waals surface area (Å²) in [6.07, 6.45) is 2.17. The van der Waals surface area contributed by atoms with Crippen LogP contribution in [0, 0.1) is 6.92 Å². The van der Waals surface area contributed by atoms with Gasteiger partial charge in [-0.15, -0.1) is 0 Å². The average Bonchev–Trinajstić information content (AvgIpc) is 2.94. The highest BCUT2D eigenvalue weighted by Gasteiger charge is 2.17. The Morgan fingerprint density at radius 1 is 1.43 bits per heavy atom. The van der Waals surface area contributed by atoms with E-state index in [4.69, 9.17) is 4.52 Å². The van der Waals surface area contributed by atoms with Gasteiger partial charge in [-0.1, -0.05) is 5.16 Å². The van der Waals surface area contributed by atoms with Gasteiger partial charge in [-0.25, -0.2) is 4.79 Å². The van der Waals surface area contributed by atoms with Gasteiger partial charge in [-0.2, -0.15) is 4.98 Å². The number of benzene rings is 1. The van der Waals surface area contributed by atoms with E-state index in [1.807, 2.05) is 12.1 Å². The molecular weight excluding hydrogens is 294 g/mol. The minimum atomic E-state index is -0.347. The van der Waals surface area contributed by atoms with Gasteiger partial charge in [0, 0.05) is 25.0 Å². The molecule has 0 spiro atoms. The van der Waals surface area contributed by atoms with E-state index in [0.29, 0.717) is 11.7 Å². The van der Waals surface area contributed by atoms with Crippen LogP contribution in [0.25, 0.3) is 0 Å². The zero-order valence-electron chi connectivity index (χ0n) is 13.6. The number of amides is 2. The quantitative estimate of drug-likeness (QED) is 0.910. The predicted octanol–water partition coefficient (Wildman–Crippen LogP) is 2.64. The molecule has 2 heterocycles.